The molecule has 0 saturated heterocycles. The van der Waals surface area contributed by atoms with Crippen LogP contribution in [0, 0.1) is 0 Å². The Kier molecular flexibility index (Phi) is 11.2. The molecule has 0 atom stereocenters. The SMILES string of the molecule is COc1nc(Cl)nc(Nc2ccc(C=Cc3ccc(Nc4nc(Cl)nc(OC)n4)cc3S(=O)(=O)O)c(S(=O)(=O)O)c2)n1.[Na]. The van der Waals surface area contributed by atoms with Crippen LogP contribution in [0.25, 0.3) is 12.2 Å². The van der Waals surface area contributed by atoms with Gasteiger partial charge in [0.05, 0.1) is 14.2 Å². The number of nitrogens with zero attached hydrogens (tertiary/aromatic N) is 6. The molecule has 4 N–H and O–H groups in total. The molecule has 0 spiro atoms. The molecule has 2 heterocycles. The minimum Gasteiger partial charge on any atom is -0.467 e. The first kappa shape index (κ1) is 34.3. The van der Waals surface area contributed by atoms with Crippen LogP contribution in [0.3, 0.4) is 0 Å². The van der Waals surface area contributed by atoms with E-state index in [4.69, 9.17) is 32.7 Å². The van der Waals surface area contributed by atoms with Crippen LogP contribution in [0.15, 0.2) is 46.2 Å². The molecule has 0 unspecified atom stereocenters. The predicted molar refractivity (Wildman–Crippen MR) is 157 cm³/mol. The van der Waals surface area contributed by atoms with Crippen molar-refractivity contribution >= 4 is 108 Å². The van der Waals surface area contributed by atoms with Crippen molar-refractivity contribution in [3.8, 4) is 12.0 Å². The molecule has 0 fully saturated rings. The van der Waals surface area contributed by atoms with Gasteiger partial charge in [0, 0.05) is 40.9 Å². The van der Waals surface area contributed by atoms with E-state index in [9.17, 15) is 25.9 Å². The van der Waals surface area contributed by atoms with E-state index in [1.165, 1.54) is 50.6 Å². The van der Waals surface area contributed by atoms with Crippen LogP contribution in [0.2, 0.25) is 10.6 Å². The van der Waals surface area contributed by atoms with Crippen LogP contribution in [0.4, 0.5) is 23.3 Å². The summed E-state index contributed by atoms with van der Waals surface area (Å²) >= 11 is 11.7. The number of rotatable bonds is 10. The first-order chi connectivity index (χ1) is 19.7. The molecule has 43 heavy (non-hydrogen) atoms. The molecule has 4 rings (SSSR count). The topological polar surface area (TPSA) is 229 Å². The molecule has 2 aromatic carbocycles. The predicted octanol–water partition coefficient (Wildman–Crippen LogP) is 3.15. The van der Waals surface area contributed by atoms with E-state index in [1.807, 2.05) is 0 Å². The second kappa shape index (κ2) is 14.1. The number of anilines is 4. The molecule has 0 bridgehead atoms. The monoisotopic (exact) mass is 679 g/mol. The average Bonchev–Trinajstić information content (AvgIpc) is 2.91. The van der Waals surface area contributed by atoms with E-state index in [0.29, 0.717) is 0 Å². The van der Waals surface area contributed by atoms with Gasteiger partial charge in [-0.25, -0.2) is 0 Å². The molecule has 0 amide bonds. The normalized spacial score (nSPS) is 11.6. The van der Waals surface area contributed by atoms with Crippen molar-refractivity contribution in [2.24, 2.45) is 0 Å². The van der Waals surface area contributed by atoms with E-state index in [0.717, 1.165) is 12.1 Å². The zero-order valence-electron chi connectivity index (χ0n) is 22.2. The van der Waals surface area contributed by atoms with Crippen molar-refractivity contribution in [1.29, 1.82) is 0 Å². The largest absolute Gasteiger partial charge is 0.467 e. The number of hydrogen-bond acceptors (Lipinski definition) is 14. The molecule has 16 nitrogen and oxygen atoms in total. The maximum absolute atomic E-state index is 12.2. The van der Waals surface area contributed by atoms with Crippen LogP contribution < -0.4 is 20.1 Å². The summed E-state index contributed by atoms with van der Waals surface area (Å²) in [6, 6.07) is 7.49. The molecule has 0 aliphatic carbocycles. The Labute approximate surface area is 276 Å². The third-order valence-corrected chi connectivity index (χ3v) is 7.23. The second-order valence-corrected chi connectivity index (χ2v) is 11.3. The minimum atomic E-state index is -4.78. The first-order valence-corrected chi connectivity index (χ1v) is 14.7. The van der Waals surface area contributed by atoms with Crippen LogP contribution in [0.1, 0.15) is 11.1 Å². The van der Waals surface area contributed by atoms with Crippen molar-refractivity contribution in [2.75, 3.05) is 24.9 Å². The maximum atomic E-state index is 12.2. The molecule has 0 saturated carbocycles. The molecule has 4 aromatic rings. The van der Waals surface area contributed by atoms with Crippen LogP contribution >= 0.6 is 23.2 Å². The molecule has 21 heteroatoms. The Hall–Kier alpha value is -3.20. The summed E-state index contributed by atoms with van der Waals surface area (Å²) in [6.45, 7) is 0. The number of halogens is 2. The Morgan fingerprint density at radius 2 is 1.05 bits per heavy atom. The summed E-state index contributed by atoms with van der Waals surface area (Å²) in [5.74, 6) is -0.137. The number of ether oxygens (including phenoxy) is 2. The van der Waals surface area contributed by atoms with E-state index in [-0.39, 0.29) is 86.5 Å². The molecule has 0 aliphatic rings. The zero-order chi connectivity index (χ0) is 30.7. The van der Waals surface area contributed by atoms with E-state index < -0.39 is 30.0 Å². The number of hydrogen-bond donors (Lipinski definition) is 4. The minimum absolute atomic E-state index is 0. The summed E-state index contributed by atoms with van der Waals surface area (Å²) in [7, 11) is -6.93. The van der Waals surface area contributed by atoms with Gasteiger partial charge < -0.3 is 20.1 Å². The third-order valence-electron chi connectivity index (χ3n) is 5.08. The number of methoxy groups -OCH3 is 2. The van der Waals surface area contributed by atoms with Gasteiger partial charge in [0.1, 0.15) is 9.79 Å². The van der Waals surface area contributed by atoms with Gasteiger partial charge in [-0.3, -0.25) is 9.11 Å². The van der Waals surface area contributed by atoms with Gasteiger partial charge >= 0.3 is 12.0 Å². The fourth-order valence-corrected chi connectivity index (χ4v) is 5.07. The fourth-order valence-electron chi connectivity index (χ4n) is 3.34. The number of benzene rings is 2. The average molecular weight is 680 g/mol. The molecule has 0 aliphatic heterocycles. The van der Waals surface area contributed by atoms with Gasteiger partial charge in [-0.15, -0.1) is 0 Å². The molecular formula is C22H18Cl2N8NaO8S2. The van der Waals surface area contributed by atoms with Gasteiger partial charge in [-0.05, 0) is 58.6 Å². The Morgan fingerprint density at radius 3 is 1.37 bits per heavy atom. The second-order valence-electron chi connectivity index (χ2n) is 7.87. The smallest absolute Gasteiger partial charge is 0.322 e. The standard InChI is InChI=1S/C22H18Cl2N8O8S2.Na/c1-39-21-29-17(23)27-19(31-21)25-13-7-5-11(15(9-13)41(33,34)35)3-4-12-6-8-14(10-16(12)42(36,37)38)26-20-28-18(24)30-22(32-20)40-2;/h3-10H,1-2H3,(H,33,34,35)(H,36,37,38)(H,25,27,29,31)(H,26,28,30,32);. The summed E-state index contributed by atoms with van der Waals surface area (Å²) in [5.41, 5.74) is 0.246. The number of aromatic nitrogens is 6. The summed E-state index contributed by atoms with van der Waals surface area (Å²) < 4.78 is 78.2. The molecule has 221 valence electrons. The Morgan fingerprint density at radius 1 is 0.674 bits per heavy atom. The van der Waals surface area contributed by atoms with Crippen molar-refractivity contribution in [2.45, 2.75) is 9.79 Å². The first-order valence-electron chi connectivity index (χ1n) is 11.1. The fraction of sp³-hybridized carbons (Fsp3) is 0.0909. The number of nitrogens with one attached hydrogen (secondary N) is 2. The van der Waals surface area contributed by atoms with E-state index in [2.05, 4.69) is 40.5 Å². The Bertz CT molecular complexity index is 1780. The third kappa shape index (κ3) is 9.15. The van der Waals surface area contributed by atoms with E-state index >= 15 is 0 Å². The van der Waals surface area contributed by atoms with Crippen molar-refractivity contribution in [3.05, 3.63) is 58.1 Å². The summed E-state index contributed by atoms with van der Waals surface area (Å²) in [6.07, 6.45) is 2.45. The van der Waals surface area contributed by atoms with Crippen LogP contribution in [0.5, 0.6) is 12.0 Å². The summed E-state index contributed by atoms with van der Waals surface area (Å²) in [5, 5.41) is 5.07. The van der Waals surface area contributed by atoms with Crippen LogP contribution in [-0.4, -0.2) is 99.6 Å². The summed E-state index contributed by atoms with van der Waals surface area (Å²) in [4.78, 5) is 22.0. The van der Waals surface area contributed by atoms with Gasteiger partial charge in [-0.1, -0.05) is 24.3 Å². The quantitative estimate of drug-likeness (QED) is 0.107. The van der Waals surface area contributed by atoms with Crippen molar-refractivity contribution < 1.29 is 35.4 Å². The van der Waals surface area contributed by atoms with Crippen molar-refractivity contribution in [1.82, 2.24) is 29.9 Å². The maximum Gasteiger partial charge on any atom is 0.322 e. The molecule has 1 radical (unpaired) electrons. The van der Waals surface area contributed by atoms with Gasteiger partial charge in [0.25, 0.3) is 20.2 Å². The zero-order valence-corrected chi connectivity index (χ0v) is 27.4. The van der Waals surface area contributed by atoms with E-state index in [1.54, 1.807) is 0 Å². The van der Waals surface area contributed by atoms with Gasteiger partial charge in [0.15, 0.2) is 0 Å². The Balaban J connectivity index is 0.00000506. The van der Waals surface area contributed by atoms with Crippen molar-refractivity contribution in [3.63, 3.8) is 0 Å². The van der Waals surface area contributed by atoms with Crippen LogP contribution in [-0.2, 0) is 20.2 Å². The van der Waals surface area contributed by atoms with Gasteiger partial charge in [0.2, 0.25) is 22.5 Å². The molecular weight excluding hydrogens is 662 g/mol. The molecule has 2 aromatic heterocycles. The van der Waals surface area contributed by atoms with Gasteiger partial charge in [-0.2, -0.15) is 46.7 Å².